The van der Waals surface area contributed by atoms with Crippen LogP contribution in [0, 0.1) is 6.92 Å². The first-order valence-electron chi connectivity index (χ1n) is 6.35. The number of rotatable bonds is 6. The van der Waals surface area contributed by atoms with Gasteiger partial charge in [-0.05, 0) is 47.0 Å². The summed E-state index contributed by atoms with van der Waals surface area (Å²) in [4.78, 5) is 23.3. The Morgan fingerprint density at radius 2 is 1.95 bits per heavy atom. The van der Waals surface area contributed by atoms with Gasteiger partial charge in [0.1, 0.15) is 0 Å². The summed E-state index contributed by atoms with van der Waals surface area (Å²) in [5.74, 6) is -0.208. The Kier molecular flexibility index (Phi) is 6.56. The van der Waals surface area contributed by atoms with E-state index in [1.807, 2.05) is 26.0 Å². The highest BCUT2D eigenvalue weighted by Gasteiger charge is 2.10. The molecule has 0 aliphatic carbocycles. The first-order chi connectivity index (χ1) is 9.04. The molecule has 0 radical (unpaired) electrons. The highest BCUT2D eigenvalue weighted by atomic mass is 79.9. The summed E-state index contributed by atoms with van der Waals surface area (Å²) in [5.41, 5.74) is 1.67. The van der Waals surface area contributed by atoms with E-state index in [0.29, 0.717) is 25.1 Å². The average Bonchev–Trinajstić information content (AvgIpc) is 2.36. The van der Waals surface area contributed by atoms with Gasteiger partial charge in [-0.3, -0.25) is 9.59 Å². The number of carbonyl (C=O) groups is 2. The van der Waals surface area contributed by atoms with E-state index in [-0.39, 0.29) is 11.8 Å². The lowest BCUT2D eigenvalue weighted by molar-refractivity contribution is -0.120. The zero-order valence-electron chi connectivity index (χ0n) is 11.3. The number of amides is 2. The van der Waals surface area contributed by atoms with Gasteiger partial charge in [-0.1, -0.05) is 13.0 Å². The molecule has 1 aromatic carbocycles. The van der Waals surface area contributed by atoms with E-state index in [1.54, 1.807) is 6.07 Å². The van der Waals surface area contributed by atoms with Crippen molar-refractivity contribution >= 4 is 27.7 Å². The Morgan fingerprint density at radius 1 is 1.21 bits per heavy atom. The lowest BCUT2D eigenvalue weighted by atomic mass is 10.1. The first-order valence-corrected chi connectivity index (χ1v) is 7.15. The maximum Gasteiger partial charge on any atom is 0.252 e. The summed E-state index contributed by atoms with van der Waals surface area (Å²) >= 11 is 3.36. The number of hydrogen-bond acceptors (Lipinski definition) is 2. The molecule has 104 valence electrons. The molecule has 0 saturated heterocycles. The average molecular weight is 327 g/mol. The van der Waals surface area contributed by atoms with Gasteiger partial charge in [0.05, 0.1) is 5.56 Å². The van der Waals surface area contributed by atoms with E-state index in [2.05, 4.69) is 26.6 Å². The molecule has 1 aromatic rings. The van der Waals surface area contributed by atoms with Crippen molar-refractivity contribution in [2.24, 2.45) is 0 Å². The lowest BCUT2D eigenvalue weighted by Gasteiger charge is -2.08. The minimum Gasteiger partial charge on any atom is -0.356 e. The van der Waals surface area contributed by atoms with Crippen LogP contribution in [0.1, 0.15) is 35.7 Å². The van der Waals surface area contributed by atoms with Gasteiger partial charge in [-0.15, -0.1) is 0 Å². The molecule has 19 heavy (non-hydrogen) atoms. The van der Waals surface area contributed by atoms with E-state index in [9.17, 15) is 9.59 Å². The van der Waals surface area contributed by atoms with Crippen molar-refractivity contribution in [3.05, 3.63) is 33.8 Å². The topological polar surface area (TPSA) is 58.2 Å². The smallest absolute Gasteiger partial charge is 0.252 e. The second-order valence-electron chi connectivity index (χ2n) is 4.34. The lowest BCUT2D eigenvalue weighted by Crippen LogP contribution is -2.31. The summed E-state index contributed by atoms with van der Waals surface area (Å²) in [6.07, 6.45) is 1.21. The molecule has 0 aliphatic heterocycles. The summed E-state index contributed by atoms with van der Waals surface area (Å²) in [5, 5.41) is 5.50. The fourth-order valence-corrected chi connectivity index (χ4v) is 2.22. The number of carbonyl (C=O) groups excluding carboxylic acids is 2. The van der Waals surface area contributed by atoms with Gasteiger partial charge in [-0.2, -0.15) is 0 Å². The van der Waals surface area contributed by atoms with Crippen LogP contribution in [-0.4, -0.2) is 24.9 Å². The van der Waals surface area contributed by atoms with Crippen LogP contribution in [-0.2, 0) is 4.79 Å². The van der Waals surface area contributed by atoms with Crippen LogP contribution in [0.2, 0.25) is 0 Å². The van der Waals surface area contributed by atoms with Crippen molar-refractivity contribution in [2.75, 3.05) is 13.1 Å². The third-order valence-electron chi connectivity index (χ3n) is 2.58. The number of halogens is 1. The van der Waals surface area contributed by atoms with Crippen LogP contribution < -0.4 is 10.6 Å². The highest BCUT2D eigenvalue weighted by Crippen LogP contribution is 2.18. The Labute approximate surface area is 122 Å². The molecular formula is C14H19BrN2O2. The molecule has 0 bridgehead atoms. The van der Waals surface area contributed by atoms with Gasteiger partial charge >= 0.3 is 0 Å². The quantitative estimate of drug-likeness (QED) is 0.843. The summed E-state index contributed by atoms with van der Waals surface area (Å²) in [6, 6.07) is 5.54. The monoisotopic (exact) mass is 326 g/mol. The minimum absolute atomic E-state index is 0.0369. The van der Waals surface area contributed by atoms with Crippen molar-refractivity contribution in [3.63, 3.8) is 0 Å². The first kappa shape index (κ1) is 15.7. The molecule has 0 aromatic heterocycles. The largest absolute Gasteiger partial charge is 0.356 e. The zero-order chi connectivity index (χ0) is 14.3. The van der Waals surface area contributed by atoms with Gasteiger partial charge in [-0.25, -0.2) is 0 Å². The third kappa shape index (κ3) is 5.42. The molecule has 4 nitrogen and oxygen atoms in total. The van der Waals surface area contributed by atoms with Gasteiger partial charge in [0.15, 0.2) is 0 Å². The maximum absolute atomic E-state index is 11.9. The van der Waals surface area contributed by atoms with Crippen molar-refractivity contribution < 1.29 is 9.59 Å². The fraction of sp³-hybridized carbons (Fsp3) is 0.429. The summed E-state index contributed by atoms with van der Waals surface area (Å²) < 4.78 is 0.764. The predicted octanol–water partition coefficient (Wildman–Crippen LogP) is 2.40. The minimum atomic E-state index is -0.171. The molecule has 2 amide bonds. The normalized spacial score (nSPS) is 10.1. The van der Waals surface area contributed by atoms with Gasteiger partial charge < -0.3 is 10.6 Å². The van der Waals surface area contributed by atoms with E-state index in [4.69, 9.17) is 0 Å². The fourth-order valence-electron chi connectivity index (χ4n) is 1.54. The van der Waals surface area contributed by atoms with Crippen LogP contribution >= 0.6 is 15.9 Å². The summed E-state index contributed by atoms with van der Waals surface area (Å²) in [6.45, 7) is 4.98. The Morgan fingerprint density at radius 3 is 2.58 bits per heavy atom. The second-order valence-corrected chi connectivity index (χ2v) is 5.19. The van der Waals surface area contributed by atoms with Gasteiger partial charge in [0, 0.05) is 24.0 Å². The molecule has 0 spiro atoms. The molecular weight excluding hydrogens is 308 g/mol. The van der Waals surface area contributed by atoms with Crippen molar-refractivity contribution in [3.8, 4) is 0 Å². The van der Waals surface area contributed by atoms with E-state index in [0.717, 1.165) is 16.5 Å². The van der Waals surface area contributed by atoms with Crippen LogP contribution in [0.5, 0.6) is 0 Å². The molecule has 0 unspecified atom stereocenters. The Bertz CT molecular complexity index is 461. The number of hydrogen-bond donors (Lipinski definition) is 2. The number of nitrogens with one attached hydrogen (secondary N) is 2. The van der Waals surface area contributed by atoms with E-state index < -0.39 is 0 Å². The molecule has 0 aliphatic rings. The van der Waals surface area contributed by atoms with E-state index >= 15 is 0 Å². The van der Waals surface area contributed by atoms with Crippen LogP contribution in [0.4, 0.5) is 0 Å². The molecule has 5 heteroatoms. The third-order valence-corrected chi connectivity index (χ3v) is 3.24. The van der Waals surface area contributed by atoms with E-state index in [1.165, 1.54) is 0 Å². The van der Waals surface area contributed by atoms with Crippen molar-refractivity contribution in [1.82, 2.24) is 10.6 Å². The molecule has 1 rings (SSSR count). The maximum atomic E-state index is 11.9. The SMILES string of the molecule is CCCNC(=O)CCNC(=O)c1ccc(C)cc1Br. The van der Waals surface area contributed by atoms with Gasteiger partial charge in [0.25, 0.3) is 5.91 Å². The molecule has 0 atom stereocenters. The number of benzene rings is 1. The molecule has 0 fully saturated rings. The van der Waals surface area contributed by atoms with Crippen LogP contribution in [0.15, 0.2) is 22.7 Å². The van der Waals surface area contributed by atoms with Crippen LogP contribution in [0.3, 0.4) is 0 Å². The molecule has 2 N–H and O–H groups in total. The predicted molar refractivity (Wildman–Crippen MR) is 79.1 cm³/mol. The summed E-state index contributed by atoms with van der Waals surface area (Å²) in [7, 11) is 0. The van der Waals surface area contributed by atoms with Crippen molar-refractivity contribution in [1.29, 1.82) is 0 Å². The standard InChI is InChI=1S/C14H19BrN2O2/c1-3-7-16-13(18)6-8-17-14(19)11-5-4-10(2)9-12(11)15/h4-5,9H,3,6-8H2,1-2H3,(H,16,18)(H,17,19). The molecule has 0 heterocycles. The van der Waals surface area contributed by atoms with Crippen LogP contribution in [0.25, 0.3) is 0 Å². The Balaban J connectivity index is 2.41. The van der Waals surface area contributed by atoms with Crippen molar-refractivity contribution in [2.45, 2.75) is 26.7 Å². The number of aryl methyl sites for hydroxylation is 1. The molecule has 0 saturated carbocycles. The second kappa shape index (κ2) is 7.94. The zero-order valence-corrected chi connectivity index (χ0v) is 12.8. The van der Waals surface area contributed by atoms with Gasteiger partial charge in [0.2, 0.25) is 5.91 Å². The highest BCUT2D eigenvalue weighted by molar-refractivity contribution is 9.10. The Hall–Kier alpha value is -1.36.